The number of carbonyl (C=O) groups excluding carboxylic acids is 1. The number of hydrogen-bond donors (Lipinski definition) is 2. The Balaban J connectivity index is 1.54. The van der Waals surface area contributed by atoms with Gasteiger partial charge in [-0.3, -0.25) is 14.4 Å². The largest absolute Gasteiger partial charge is 0.381 e. The van der Waals surface area contributed by atoms with E-state index in [1.807, 2.05) is 0 Å². The van der Waals surface area contributed by atoms with Crippen molar-refractivity contribution in [1.82, 2.24) is 15.4 Å². The topological polar surface area (TPSA) is 93.3 Å². The summed E-state index contributed by atoms with van der Waals surface area (Å²) >= 11 is 0. The molecule has 3 rings (SSSR count). The smallest absolute Gasteiger partial charge is 0.282 e. The molecule has 1 aromatic rings. The van der Waals surface area contributed by atoms with Crippen LogP contribution in [0.2, 0.25) is 0 Å². The van der Waals surface area contributed by atoms with Crippen LogP contribution in [0.3, 0.4) is 0 Å². The molecule has 108 valence electrons. The van der Waals surface area contributed by atoms with Gasteiger partial charge in [0.15, 0.2) is 0 Å². The summed E-state index contributed by atoms with van der Waals surface area (Å²) in [5.41, 5.74) is 1.82. The van der Waals surface area contributed by atoms with Gasteiger partial charge in [0, 0.05) is 24.6 Å². The lowest BCUT2D eigenvalue weighted by atomic mass is 10.1. The fourth-order valence-electron chi connectivity index (χ4n) is 2.13. The van der Waals surface area contributed by atoms with Crippen molar-refractivity contribution >= 4 is 5.91 Å². The summed E-state index contributed by atoms with van der Waals surface area (Å²) in [5, 5.41) is 0. The quantitative estimate of drug-likeness (QED) is 0.758. The molecule has 1 amide bonds. The van der Waals surface area contributed by atoms with Gasteiger partial charge >= 0.3 is 0 Å². The molecule has 0 spiro atoms. The zero-order chi connectivity index (χ0) is 13.9. The van der Waals surface area contributed by atoms with Crippen molar-refractivity contribution in [2.45, 2.75) is 25.2 Å². The highest BCUT2D eigenvalue weighted by atomic mass is 16.7. The van der Waals surface area contributed by atoms with E-state index < -0.39 is 11.5 Å². The van der Waals surface area contributed by atoms with E-state index in [1.165, 1.54) is 6.20 Å². The fourth-order valence-corrected chi connectivity index (χ4v) is 2.13. The first-order valence-electron chi connectivity index (χ1n) is 6.83. The number of amides is 1. The van der Waals surface area contributed by atoms with Crippen LogP contribution in [0.4, 0.5) is 0 Å². The zero-order valence-electron chi connectivity index (χ0n) is 11.1. The SMILES string of the molecule is O=C(NOCC1CCOC1)c1cnc(C2CC2)[nH]c1=O. The Morgan fingerprint density at radius 2 is 2.35 bits per heavy atom. The molecule has 1 saturated carbocycles. The maximum Gasteiger partial charge on any atom is 0.282 e. The van der Waals surface area contributed by atoms with Crippen molar-refractivity contribution in [3.8, 4) is 0 Å². The number of nitrogens with one attached hydrogen (secondary N) is 2. The summed E-state index contributed by atoms with van der Waals surface area (Å²) in [6, 6.07) is 0. The number of aromatic amines is 1. The highest BCUT2D eigenvalue weighted by Crippen LogP contribution is 2.37. The van der Waals surface area contributed by atoms with Gasteiger partial charge in [0.1, 0.15) is 11.4 Å². The van der Waals surface area contributed by atoms with Gasteiger partial charge in [0.25, 0.3) is 11.5 Å². The van der Waals surface area contributed by atoms with Crippen LogP contribution in [-0.2, 0) is 9.57 Å². The van der Waals surface area contributed by atoms with Crippen molar-refractivity contribution in [3.63, 3.8) is 0 Å². The number of ether oxygens (including phenoxy) is 1. The van der Waals surface area contributed by atoms with Crippen molar-refractivity contribution in [1.29, 1.82) is 0 Å². The van der Waals surface area contributed by atoms with Crippen molar-refractivity contribution in [3.05, 3.63) is 27.9 Å². The minimum absolute atomic E-state index is 0.0305. The first-order valence-corrected chi connectivity index (χ1v) is 6.83. The zero-order valence-corrected chi connectivity index (χ0v) is 11.1. The van der Waals surface area contributed by atoms with E-state index in [9.17, 15) is 9.59 Å². The van der Waals surface area contributed by atoms with Gasteiger partial charge in [0.2, 0.25) is 0 Å². The Morgan fingerprint density at radius 3 is 3.00 bits per heavy atom. The average molecular weight is 279 g/mol. The number of H-pyrrole nitrogens is 1. The first-order chi connectivity index (χ1) is 9.74. The van der Waals surface area contributed by atoms with Crippen molar-refractivity contribution < 1.29 is 14.4 Å². The van der Waals surface area contributed by atoms with Gasteiger partial charge in [-0.05, 0) is 19.3 Å². The molecule has 7 heteroatoms. The number of nitrogens with zero attached hydrogens (tertiary/aromatic N) is 1. The molecule has 2 fully saturated rings. The second kappa shape index (κ2) is 5.72. The number of carbonyl (C=O) groups is 1. The summed E-state index contributed by atoms with van der Waals surface area (Å²) in [7, 11) is 0. The van der Waals surface area contributed by atoms with Gasteiger partial charge < -0.3 is 9.72 Å². The molecule has 7 nitrogen and oxygen atoms in total. The van der Waals surface area contributed by atoms with E-state index in [4.69, 9.17) is 9.57 Å². The van der Waals surface area contributed by atoms with Gasteiger partial charge in [-0.15, -0.1) is 0 Å². The van der Waals surface area contributed by atoms with E-state index in [-0.39, 0.29) is 5.56 Å². The molecular weight excluding hydrogens is 262 g/mol. The lowest BCUT2D eigenvalue weighted by Gasteiger charge is -2.09. The van der Waals surface area contributed by atoms with Crippen molar-refractivity contribution in [2.75, 3.05) is 19.8 Å². The van der Waals surface area contributed by atoms with E-state index in [0.717, 1.165) is 25.9 Å². The van der Waals surface area contributed by atoms with Gasteiger partial charge in [-0.25, -0.2) is 10.5 Å². The standard InChI is InChI=1S/C13H17N3O4/c17-12-10(5-14-11(15-12)9-1-2-9)13(18)16-20-7-8-3-4-19-6-8/h5,8-9H,1-4,6-7H2,(H,16,18)(H,14,15,17). The molecule has 1 aliphatic carbocycles. The second-order valence-corrected chi connectivity index (χ2v) is 5.26. The molecule has 0 radical (unpaired) electrons. The minimum Gasteiger partial charge on any atom is -0.381 e. The first kappa shape index (κ1) is 13.3. The summed E-state index contributed by atoms with van der Waals surface area (Å²) in [4.78, 5) is 35.5. The Kier molecular flexibility index (Phi) is 3.79. The minimum atomic E-state index is -0.569. The number of aromatic nitrogens is 2. The van der Waals surface area contributed by atoms with E-state index in [2.05, 4.69) is 15.4 Å². The molecule has 0 bridgehead atoms. The highest BCUT2D eigenvalue weighted by molar-refractivity contribution is 5.92. The summed E-state index contributed by atoms with van der Waals surface area (Å²) in [6.07, 6.45) is 4.32. The molecule has 0 aromatic carbocycles. The molecule has 2 heterocycles. The van der Waals surface area contributed by atoms with Crippen LogP contribution in [0.1, 0.15) is 41.4 Å². The molecule has 1 aliphatic heterocycles. The lowest BCUT2D eigenvalue weighted by molar-refractivity contribution is 0.0144. The van der Waals surface area contributed by atoms with Gasteiger partial charge in [0.05, 0.1) is 13.2 Å². The summed E-state index contributed by atoms with van der Waals surface area (Å²) in [6.45, 7) is 1.76. The van der Waals surface area contributed by atoms with E-state index in [0.29, 0.717) is 30.9 Å². The molecule has 1 atom stereocenters. The number of hydroxylamine groups is 1. The highest BCUT2D eigenvalue weighted by Gasteiger charge is 2.26. The number of hydrogen-bond acceptors (Lipinski definition) is 5. The Labute approximate surface area is 115 Å². The molecule has 1 unspecified atom stereocenters. The molecule has 2 aliphatic rings. The Hall–Kier alpha value is -1.73. The van der Waals surface area contributed by atoms with Gasteiger partial charge in [-0.1, -0.05) is 0 Å². The predicted molar refractivity (Wildman–Crippen MR) is 69.2 cm³/mol. The molecule has 20 heavy (non-hydrogen) atoms. The van der Waals surface area contributed by atoms with E-state index >= 15 is 0 Å². The Morgan fingerprint density at radius 1 is 1.50 bits per heavy atom. The van der Waals surface area contributed by atoms with Crippen LogP contribution in [-0.4, -0.2) is 35.7 Å². The molecule has 1 saturated heterocycles. The third kappa shape index (κ3) is 3.05. The fraction of sp³-hybridized carbons (Fsp3) is 0.615. The molecule has 1 aromatic heterocycles. The normalized spacial score (nSPS) is 21.9. The lowest BCUT2D eigenvalue weighted by Crippen LogP contribution is -2.32. The van der Waals surface area contributed by atoms with Crippen LogP contribution < -0.4 is 11.0 Å². The maximum atomic E-state index is 11.8. The van der Waals surface area contributed by atoms with Crippen LogP contribution in [0, 0.1) is 5.92 Å². The molecular formula is C13H17N3O4. The second-order valence-electron chi connectivity index (χ2n) is 5.26. The van der Waals surface area contributed by atoms with Crippen LogP contribution in [0.5, 0.6) is 0 Å². The predicted octanol–water partition coefficient (Wildman–Crippen LogP) is 0.345. The van der Waals surface area contributed by atoms with Crippen LogP contribution in [0.15, 0.2) is 11.0 Å². The third-order valence-electron chi connectivity index (χ3n) is 3.54. The summed E-state index contributed by atoms with van der Waals surface area (Å²) < 4.78 is 5.20. The monoisotopic (exact) mass is 279 g/mol. The maximum absolute atomic E-state index is 11.8. The van der Waals surface area contributed by atoms with Crippen LogP contribution in [0.25, 0.3) is 0 Å². The molecule has 2 N–H and O–H groups in total. The average Bonchev–Trinajstić information content (AvgIpc) is 3.16. The summed E-state index contributed by atoms with van der Waals surface area (Å²) in [5.74, 6) is 0.734. The van der Waals surface area contributed by atoms with Crippen molar-refractivity contribution in [2.24, 2.45) is 5.92 Å². The number of rotatable bonds is 5. The van der Waals surface area contributed by atoms with Crippen LogP contribution >= 0.6 is 0 Å². The van der Waals surface area contributed by atoms with Gasteiger partial charge in [-0.2, -0.15) is 0 Å². The third-order valence-corrected chi connectivity index (χ3v) is 3.54. The Bertz CT molecular complexity index is 547. The van der Waals surface area contributed by atoms with E-state index in [1.54, 1.807) is 0 Å².